The fourth-order valence-corrected chi connectivity index (χ4v) is 1.35. The van der Waals surface area contributed by atoms with Crippen LogP contribution in [-0.2, 0) is 16.1 Å². The first-order chi connectivity index (χ1) is 9.35. The normalized spacial score (nSPS) is 11.6. The van der Waals surface area contributed by atoms with Gasteiger partial charge in [0.2, 0.25) is 0 Å². The highest BCUT2D eigenvalue weighted by atomic mass is 16.5. The number of hydrogen-bond acceptors (Lipinski definition) is 4. The highest BCUT2D eigenvalue weighted by Crippen LogP contribution is 2.09. The second-order valence-corrected chi connectivity index (χ2v) is 4.83. The van der Waals surface area contributed by atoms with E-state index < -0.39 is 17.4 Å². The third-order valence-corrected chi connectivity index (χ3v) is 2.79. The molecule has 6 heteroatoms. The maximum absolute atomic E-state index is 10.9. The lowest BCUT2D eigenvalue weighted by molar-refractivity contribution is -0.143. The van der Waals surface area contributed by atoms with E-state index >= 15 is 0 Å². The minimum atomic E-state index is -0.988. The first-order valence-electron chi connectivity index (χ1n) is 6.04. The maximum atomic E-state index is 10.9. The van der Waals surface area contributed by atoms with Gasteiger partial charge in [-0.15, -0.1) is 0 Å². The summed E-state index contributed by atoms with van der Waals surface area (Å²) in [5.74, 6) is -1.51. The zero-order valence-corrected chi connectivity index (χ0v) is 11.4. The summed E-state index contributed by atoms with van der Waals surface area (Å²) in [5, 5.41) is 20.3. The summed E-state index contributed by atoms with van der Waals surface area (Å²) in [4.78, 5) is 21.8. The number of benzene rings is 1. The van der Waals surface area contributed by atoms with Crippen LogP contribution in [0.15, 0.2) is 30.3 Å². The van der Waals surface area contributed by atoms with Crippen molar-refractivity contribution in [1.82, 2.24) is 10.8 Å². The van der Waals surface area contributed by atoms with Crippen LogP contribution in [-0.4, -0.2) is 27.7 Å². The number of aliphatic carboxylic acids is 1. The molecule has 0 saturated heterocycles. The van der Waals surface area contributed by atoms with Gasteiger partial charge in [0.25, 0.3) is 5.91 Å². The number of nitrogens with one attached hydrogen (secondary N) is 2. The third-order valence-electron chi connectivity index (χ3n) is 2.79. The average molecular weight is 278 g/mol. The van der Waals surface area contributed by atoms with Crippen LogP contribution < -0.4 is 10.8 Å². The summed E-state index contributed by atoms with van der Waals surface area (Å²) in [6, 6.07) is 7.26. The van der Waals surface area contributed by atoms with Gasteiger partial charge in [-0.25, -0.2) is 5.48 Å². The maximum Gasteiger partial charge on any atom is 0.323 e. The molecule has 20 heavy (non-hydrogen) atoms. The molecule has 0 aliphatic rings. The molecule has 0 spiro atoms. The van der Waals surface area contributed by atoms with Gasteiger partial charge in [0.05, 0.1) is 0 Å². The Kier molecular flexibility index (Phi) is 5.42. The molecule has 0 heterocycles. The van der Waals surface area contributed by atoms with Gasteiger partial charge in [-0.1, -0.05) is 24.3 Å². The number of carboxylic acid groups (broad SMARTS) is 1. The predicted molar refractivity (Wildman–Crippen MR) is 74.0 cm³/mol. The standard InChI is InChI=1S/C14H18N2O4/c1-14(2,13(18)19)15-9-11-5-3-10(4-6-11)7-8-12(17)16-20/h3-8,15,20H,9H2,1-2H3,(H,16,17)(H,18,19). The fraction of sp³-hybridized carbons (Fsp3) is 0.286. The lowest BCUT2D eigenvalue weighted by atomic mass is 10.1. The zero-order chi connectivity index (χ0) is 15.2. The Morgan fingerprint density at radius 3 is 2.35 bits per heavy atom. The molecular formula is C14H18N2O4. The van der Waals surface area contributed by atoms with Crippen LogP contribution in [0.3, 0.4) is 0 Å². The number of hydroxylamine groups is 1. The zero-order valence-electron chi connectivity index (χ0n) is 11.4. The van der Waals surface area contributed by atoms with Gasteiger partial charge in [0.15, 0.2) is 0 Å². The van der Waals surface area contributed by atoms with Crippen molar-refractivity contribution < 1.29 is 19.9 Å². The van der Waals surface area contributed by atoms with Gasteiger partial charge >= 0.3 is 5.97 Å². The van der Waals surface area contributed by atoms with Crippen molar-refractivity contribution in [3.8, 4) is 0 Å². The Bertz CT molecular complexity index is 506. The Morgan fingerprint density at radius 1 is 1.25 bits per heavy atom. The molecule has 1 rings (SSSR count). The van der Waals surface area contributed by atoms with Crippen LogP contribution in [0, 0.1) is 0 Å². The van der Waals surface area contributed by atoms with Crippen molar-refractivity contribution in [2.24, 2.45) is 0 Å². The summed E-state index contributed by atoms with van der Waals surface area (Å²) in [6.07, 6.45) is 2.77. The Labute approximate surface area is 117 Å². The molecule has 108 valence electrons. The minimum Gasteiger partial charge on any atom is -0.480 e. The van der Waals surface area contributed by atoms with Crippen LogP contribution in [0.1, 0.15) is 25.0 Å². The van der Waals surface area contributed by atoms with Gasteiger partial charge in [-0.3, -0.25) is 20.1 Å². The number of amides is 1. The largest absolute Gasteiger partial charge is 0.480 e. The van der Waals surface area contributed by atoms with E-state index in [2.05, 4.69) is 5.32 Å². The summed E-state index contributed by atoms with van der Waals surface area (Å²) < 4.78 is 0. The molecule has 0 aromatic heterocycles. The number of rotatable bonds is 6. The van der Waals surface area contributed by atoms with E-state index in [1.54, 1.807) is 32.1 Å². The van der Waals surface area contributed by atoms with Crippen molar-refractivity contribution >= 4 is 18.0 Å². The van der Waals surface area contributed by atoms with Crippen LogP contribution >= 0.6 is 0 Å². The van der Waals surface area contributed by atoms with Crippen LogP contribution in [0.4, 0.5) is 0 Å². The van der Waals surface area contributed by atoms with Crippen molar-refractivity contribution in [2.75, 3.05) is 0 Å². The second kappa shape index (κ2) is 6.83. The van der Waals surface area contributed by atoms with E-state index in [0.717, 1.165) is 11.1 Å². The van der Waals surface area contributed by atoms with E-state index in [1.165, 1.54) is 11.6 Å². The van der Waals surface area contributed by atoms with Crippen molar-refractivity contribution in [1.29, 1.82) is 0 Å². The third kappa shape index (κ3) is 4.83. The van der Waals surface area contributed by atoms with Gasteiger partial charge in [-0.2, -0.15) is 0 Å². The summed E-state index contributed by atoms with van der Waals surface area (Å²) >= 11 is 0. The molecular weight excluding hydrogens is 260 g/mol. The van der Waals surface area contributed by atoms with Gasteiger partial charge in [-0.05, 0) is 31.1 Å². The molecule has 0 aliphatic carbocycles. The average Bonchev–Trinajstić information content (AvgIpc) is 2.43. The predicted octanol–water partition coefficient (Wildman–Crippen LogP) is 1.16. The smallest absolute Gasteiger partial charge is 0.323 e. The van der Waals surface area contributed by atoms with E-state index in [1.807, 2.05) is 12.1 Å². The highest BCUT2D eigenvalue weighted by molar-refractivity contribution is 5.90. The van der Waals surface area contributed by atoms with Gasteiger partial charge < -0.3 is 5.11 Å². The van der Waals surface area contributed by atoms with Crippen LogP contribution in [0.5, 0.6) is 0 Å². The minimum absolute atomic E-state index is 0.431. The molecule has 0 fully saturated rings. The van der Waals surface area contributed by atoms with Crippen molar-refractivity contribution in [3.05, 3.63) is 41.5 Å². The molecule has 0 radical (unpaired) electrons. The molecule has 0 unspecified atom stereocenters. The number of carbonyl (C=O) groups excluding carboxylic acids is 1. The topological polar surface area (TPSA) is 98.7 Å². The van der Waals surface area contributed by atoms with Crippen molar-refractivity contribution in [3.63, 3.8) is 0 Å². The van der Waals surface area contributed by atoms with E-state index in [-0.39, 0.29) is 0 Å². The van der Waals surface area contributed by atoms with Crippen molar-refractivity contribution in [2.45, 2.75) is 25.9 Å². The van der Waals surface area contributed by atoms with Crippen LogP contribution in [0.25, 0.3) is 6.08 Å². The number of carbonyl (C=O) groups is 2. The SMILES string of the molecule is CC(C)(NCc1ccc(C=CC(=O)NO)cc1)C(=O)O. The van der Waals surface area contributed by atoms with Crippen LogP contribution in [0.2, 0.25) is 0 Å². The Morgan fingerprint density at radius 2 is 1.85 bits per heavy atom. The Hall–Kier alpha value is -2.18. The molecule has 0 aliphatic heterocycles. The second-order valence-electron chi connectivity index (χ2n) is 4.83. The highest BCUT2D eigenvalue weighted by Gasteiger charge is 2.25. The molecule has 1 amide bonds. The Balaban J connectivity index is 2.61. The van der Waals surface area contributed by atoms with Gasteiger partial charge in [0.1, 0.15) is 5.54 Å². The van der Waals surface area contributed by atoms with E-state index in [4.69, 9.17) is 10.3 Å². The summed E-state index contributed by atoms with van der Waals surface area (Å²) in [6.45, 7) is 3.63. The molecule has 0 atom stereocenters. The quantitative estimate of drug-likeness (QED) is 0.355. The van der Waals surface area contributed by atoms with E-state index in [0.29, 0.717) is 6.54 Å². The molecule has 6 nitrogen and oxygen atoms in total. The first-order valence-corrected chi connectivity index (χ1v) is 6.04. The fourth-order valence-electron chi connectivity index (χ4n) is 1.35. The molecule has 1 aromatic rings. The first kappa shape index (κ1) is 15.9. The molecule has 4 N–H and O–H groups in total. The number of carboxylic acids is 1. The number of hydrogen-bond donors (Lipinski definition) is 4. The molecule has 1 aromatic carbocycles. The molecule has 0 bridgehead atoms. The molecule has 0 saturated carbocycles. The summed E-state index contributed by atoms with van der Waals surface area (Å²) in [5.41, 5.74) is 2.25. The lowest BCUT2D eigenvalue weighted by Crippen LogP contribution is -2.46. The van der Waals surface area contributed by atoms with Gasteiger partial charge in [0, 0.05) is 12.6 Å². The lowest BCUT2D eigenvalue weighted by Gasteiger charge is -2.21. The monoisotopic (exact) mass is 278 g/mol. The summed E-state index contributed by atoms with van der Waals surface area (Å²) in [7, 11) is 0. The van der Waals surface area contributed by atoms with E-state index in [9.17, 15) is 9.59 Å².